The minimum Gasteiger partial charge on any atom is -0.322 e. The van der Waals surface area contributed by atoms with E-state index in [1.54, 1.807) is 0 Å². The molecular formula is C13H15NO. The average Bonchev–Trinajstić information content (AvgIpc) is 2.48. The van der Waals surface area contributed by atoms with Crippen LogP contribution in [0.4, 0.5) is 5.69 Å². The van der Waals surface area contributed by atoms with Crippen molar-refractivity contribution >= 4 is 11.6 Å². The zero-order chi connectivity index (χ0) is 14.9. The molecule has 1 amide bonds. The molecule has 1 N–H and O–H groups in total. The minimum atomic E-state index is -0.463. The Labute approximate surface area is 97.0 Å². The molecule has 15 heavy (non-hydrogen) atoms. The number of nitrogens with one attached hydrogen (secondary N) is 1. The van der Waals surface area contributed by atoms with Gasteiger partial charge in [0.1, 0.15) is 0 Å². The molecule has 0 saturated carbocycles. The summed E-state index contributed by atoms with van der Waals surface area (Å²) in [6.45, 7) is 0. The van der Waals surface area contributed by atoms with Gasteiger partial charge < -0.3 is 5.32 Å². The smallest absolute Gasteiger partial charge is 0.251 e. The van der Waals surface area contributed by atoms with Gasteiger partial charge in [0.05, 0.1) is 6.85 Å². The lowest BCUT2D eigenvalue weighted by Crippen LogP contribution is -2.15. The number of rotatable bonds is 2. The Balaban J connectivity index is 2.34. The van der Waals surface area contributed by atoms with Gasteiger partial charge in [-0.3, -0.25) is 4.79 Å². The summed E-state index contributed by atoms with van der Waals surface area (Å²) in [7, 11) is 0. The Bertz CT molecular complexity index is 568. The van der Waals surface area contributed by atoms with Crippen molar-refractivity contribution in [1.82, 2.24) is 0 Å². The zero-order valence-corrected chi connectivity index (χ0v) is 8.31. The highest BCUT2D eigenvalue weighted by Gasteiger charge is 2.11. The summed E-state index contributed by atoms with van der Waals surface area (Å²) >= 11 is 0. The number of para-hydroxylation sites is 1. The van der Waals surface area contributed by atoms with Gasteiger partial charge in [0.25, 0.3) is 5.91 Å². The van der Waals surface area contributed by atoms with Crippen LogP contribution in [0.5, 0.6) is 0 Å². The molecule has 1 aromatic rings. The van der Waals surface area contributed by atoms with Crippen molar-refractivity contribution in [3.63, 3.8) is 0 Å². The van der Waals surface area contributed by atoms with Gasteiger partial charge in [-0.25, -0.2) is 0 Å². The number of carbonyl (C=O) groups is 1. The Morgan fingerprint density at radius 1 is 1.27 bits per heavy atom. The second-order valence-electron chi connectivity index (χ2n) is 3.43. The first-order chi connectivity index (χ1) is 9.43. The third kappa shape index (κ3) is 2.69. The van der Waals surface area contributed by atoms with Gasteiger partial charge in [-0.05, 0) is 37.8 Å². The SMILES string of the molecule is [2H]c1c([2H])c([2H])c(NC(=O)C2=CCCCC2)c([2H])c1[2H]. The number of amides is 1. The summed E-state index contributed by atoms with van der Waals surface area (Å²) in [6, 6.07) is -2.13. The van der Waals surface area contributed by atoms with E-state index in [9.17, 15) is 4.79 Å². The maximum absolute atomic E-state index is 12.1. The lowest BCUT2D eigenvalue weighted by molar-refractivity contribution is -0.113. The van der Waals surface area contributed by atoms with E-state index >= 15 is 0 Å². The van der Waals surface area contributed by atoms with E-state index in [0.29, 0.717) is 12.0 Å². The first kappa shape index (κ1) is 5.50. The van der Waals surface area contributed by atoms with Crippen molar-refractivity contribution in [1.29, 1.82) is 0 Å². The molecule has 0 saturated heterocycles. The summed E-state index contributed by atoms with van der Waals surface area (Å²) in [5, 5.41) is 2.45. The third-order valence-corrected chi connectivity index (χ3v) is 2.32. The fourth-order valence-electron chi connectivity index (χ4n) is 1.55. The molecule has 0 radical (unpaired) electrons. The number of hydrogen-bond donors (Lipinski definition) is 1. The second-order valence-corrected chi connectivity index (χ2v) is 3.43. The number of carbonyl (C=O) groups excluding carboxylic acids is 1. The van der Waals surface area contributed by atoms with Crippen LogP contribution in [0.25, 0.3) is 0 Å². The second kappa shape index (κ2) is 4.78. The van der Waals surface area contributed by atoms with Gasteiger partial charge in [-0.2, -0.15) is 0 Å². The van der Waals surface area contributed by atoms with Gasteiger partial charge >= 0.3 is 0 Å². The van der Waals surface area contributed by atoms with E-state index in [2.05, 4.69) is 5.32 Å². The normalized spacial score (nSPS) is 20.3. The fourth-order valence-corrected chi connectivity index (χ4v) is 1.55. The summed E-state index contributed by atoms with van der Waals surface area (Å²) in [6.07, 6.45) is 5.31. The molecule has 0 heterocycles. The van der Waals surface area contributed by atoms with E-state index in [-0.39, 0.29) is 23.7 Å². The van der Waals surface area contributed by atoms with E-state index in [1.165, 1.54) is 0 Å². The Kier molecular flexibility index (Phi) is 1.75. The molecule has 0 fully saturated rings. The summed E-state index contributed by atoms with van der Waals surface area (Å²) in [5.74, 6) is -0.386. The monoisotopic (exact) mass is 206 g/mol. The largest absolute Gasteiger partial charge is 0.322 e. The lowest BCUT2D eigenvalue weighted by Gasteiger charge is -2.12. The lowest BCUT2D eigenvalue weighted by atomic mass is 9.99. The molecule has 2 rings (SSSR count). The molecule has 0 atom stereocenters. The highest BCUT2D eigenvalue weighted by molar-refractivity contribution is 6.03. The molecule has 2 heteroatoms. The molecule has 1 aliphatic carbocycles. The van der Waals surface area contributed by atoms with E-state index in [1.807, 2.05) is 6.08 Å². The predicted molar refractivity (Wildman–Crippen MR) is 61.6 cm³/mol. The van der Waals surface area contributed by atoms with Crippen molar-refractivity contribution in [3.05, 3.63) is 41.9 Å². The number of benzene rings is 1. The molecule has 0 unspecified atom stereocenters. The van der Waals surface area contributed by atoms with E-state index < -0.39 is 18.1 Å². The first-order valence-corrected chi connectivity index (χ1v) is 5.00. The van der Waals surface area contributed by atoms with Crippen LogP contribution in [-0.2, 0) is 4.79 Å². The predicted octanol–water partition coefficient (Wildman–Crippen LogP) is 3.13. The molecule has 78 valence electrons. The molecule has 0 aliphatic heterocycles. The van der Waals surface area contributed by atoms with Crippen LogP contribution in [0.3, 0.4) is 0 Å². The van der Waals surface area contributed by atoms with Crippen molar-refractivity contribution in [2.45, 2.75) is 25.7 Å². The quantitative estimate of drug-likeness (QED) is 0.791. The van der Waals surface area contributed by atoms with Gasteiger partial charge in [0.2, 0.25) is 0 Å². The standard InChI is InChI=1S/C13H15NO/c15-13(11-7-3-1-4-8-11)14-12-9-5-2-6-10-12/h2,5-7,9-10H,1,3-4,8H2,(H,14,15)/i2D,5D,6D,9D,10D. The van der Waals surface area contributed by atoms with Gasteiger partial charge in [-0.15, -0.1) is 0 Å². The Hall–Kier alpha value is -1.57. The van der Waals surface area contributed by atoms with Crippen LogP contribution in [0, 0.1) is 0 Å². The van der Waals surface area contributed by atoms with E-state index in [0.717, 1.165) is 19.3 Å². The minimum absolute atomic E-state index is 0.160. The average molecular weight is 206 g/mol. The summed E-state index contributed by atoms with van der Waals surface area (Å²) in [5.41, 5.74) is 0.454. The van der Waals surface area contributed by atoms with Crippen molar-refractivity contribution < 1.29 is 11.6 Å². The molecule has 0 spiro atoms. The third-order valence-electron chi connectivity index (χ3n) is 2.32. The van der Waals surface area contributed by atoms with Crippen LogP contribution >= 0.6 is 0 Å². The number of hydrogen-bond acceptors (Lipinski definition) is 1. The maximum atomic E-state index is 12.1. The molecular weight excluding hydrogens is 186 g/mol. The van der Waals surface area contributed by atoms with Crippen LogP contribution in [0.1, 0.15) is 32.5 Å². The van der Waals surface area contributed by atoms with Gasteiger partial charge in [0, 0.05) is 11.3 Å². The molecule has 0 bridgehead atoms. The molecule has 2 nitrogen and oxygen atoms in total. The molecule has 1 aromatic carbocycles. The van der Waals surface area contributed by atoms with Crippen molar-refractivity contribution in [2.24, 2.45) is 0 Å². The van der Waals surface area contributed by atoms with Crippen LogP contribution in [0.2, 0.25) is 0 Å². The number of anilines is 1. The molecule has 1 aliphatic rings. The van der Waals surface area contributed by atoms with Crippen LogP contribution < -0.4 is 5.32 Å². The van der Waals surface area contributed by atoms with E-state index in [4.69, 9.17) is 6.85 Å². The highest BCUT2D eigenvalue weighted by Crippen LogP contribution is 2.18. The maximum Gasteiger partial charge on any atom is 0.251 e. The summed E-state index contributed by atoms with van der Waals surface area (Å²) < 4.78 is 38.1. The van der Waals surface area contributed by atoms with Crippen molar-refractivity contribution in [3.8, 4) is 0 Å². The first-order valence-electron chi connectivity index (χ1n) is 7.50. The fraction of sp³-hybridized carbons (Fsp3) is 0.308. The van der Waals surface area contributed by atoms with Crippen LogP contribution in [0.15, 0.2) is 41.9 Å². The number of allylic oxidation sites excluding steroid dienone is 1. The summed E-state index contributed by atoms with van der Waals surface area (Å²) in [4.78, 5) is 12.1. The highest BCUT2D eigenvalue weighted by atomic mass is 16.1. The topological polar surface area (TPSA) is 29.1 Å². The van der Waals surface area contributed by atoms with Gasteiger partial charge in [-0.1, -0.05) is 24.2 Å². The van der Waals surface area contributed by atoms with Crippen molar-refractivity contribution in [2.75, 3.05) is 5.32 Å². The zero-order valence-electron chi connectivity index (χ0n) is 13.3. The van der Waals surface area contributed by atoms with Crippen LogP contribution in [-0.4, -0.2) is 5.91 Å². The molecule has 0 aromatic heterocycles. The Morgan fingerprint density at radius 3 is 2.73 bits per heavy atom. The Morgan fingerprint density at radius 2 is 2.07 bits per heavy atom. The van der Waals surface area contributed by atoms with Gasteiger partial charge in [0.15, 0.2) is 0 Å².